The first-order valence-electron chi connectivity index (χ1n) is 9.18. The van der Waals surface area contributed by atoms with Crippen LogP contribution in [0.25, 0.3) is 11.3 Å². The molecule has 0 spiro atoms. The molecule has 4 heteroatoms. The summed E-state index contributed by atoms with van der Waals surface area (Å²) in [5.74, 6) is 0.0934. The van der Waals surface area contributed by atoms with Crippen molar-refractivity contribution in [3.63, 3.8) is 0 Å². The predicted octanol–water partition coefficient (Wildman–Crippen LogP) is 3.41. The molecule has 2 fully saturated rings. The van der Waals surface area contributed by atoms with E-state index in [1.54, 1.807) is 0 Å². The van der Waals surface area contributed by atoms with Gasteiger partial charge in [0.1, 0.15) is 0 Å². The SMILES string of the molecule is Cc1nc(-c2ccccc2)ccc1C(=O)N(C)C1CC2CCC(C1)N2. The summed E-state index contributed by atoms with van der Waals surface area (Å²) < 4.78 is 0. The maximum Gasteiger partial charge on any atom is 0.255 e. The molecule has 0 radical (unpaired) electrons. The van der Waals surface area contributed by atoms with E-state index >= 15 is 0 Å². The summed E-state index contributed by atoms with van der Waals surface area (Å²) in [7, 11) is 1.95. The van der Waals surface area contributed by atoms with E-state index in [2.05, 4.69) is 10.3 Å². The van der Waals surface area contributed by atoms with Crippen LogP contribution in [-0.4, -0.2) is 41.0 Å². The molecule has 1 N–H and O–H groups in total. The zero-order valence-corrected chi connectivity index (χ0v) is 14.9. The molecule has 2 aliphatic heterocycles. The zero-order chi connectivity index (χ0) is 17.4. The maximum absolute atomic E-state index is 13.0. The number of hydrogen-bond donors (Lipinski definition) is 1. The fourth-order valence-electron chi connectivity index (χ4n) is 4.26. The van der Waals surface area contributed by atoms with Gasteiger partial charge in [-0.2, -0.15) is 0 Å². The number of nitrogens with zero attached hydrogens (tertiary/aromatic N) is 2. The highest BCUT2D eigenvalue weighted by Crippen LogP contribution is 2.30. The number of amides is 1. The topological polar surface area (TPSA) is 45.2 Å². The monoisotopic (exact) mass is 335 g/mol. The lowest BCUT2D eigenvalue weighted by Crippen LogP contribution is -2.48. The van der Waals surface area contributed by atoms with Gasteiger partial charge in [-0.05, 0) is 44.7 Å². The molecule has 130 valence electrons. The van der Waals surface area contributed by atoms with Crippen molar-refractivity contribution in [3.05, 3.63) is 53.7 Å². The number of aryl methyl sites for hydroxylation is 1. The Balaban J connectivity index is 1.54. The molecule has 25 heavy (non-hydrogen) atoms. The average molecular weight is 335 g/mol. The standard InChI is InChI=1S/C21H25N3O/c1-14-19(10-11-20(22-14)15-6-4-3-5-7-15)21(25)24(2)18-12-16-8-9-17(13-18)23-16/h3-7,10-11,16-18,23H,8-9,12-13H2,1-2H3. The average Bonchev–Trinajstić information content (AvgIpc) is 2.99. The minimum absolute atomic E-state index is 0.0934. The summed E-state index contributed by atoms with van der Waals surface area (Å²) in [5.41, 5.74) is 3.51. The number of benzene rings is 1. The van der Waals surface area contributed by atoms with Crippen molar-refractivity contribution in [2.24, 2.45) is 0 Å². The van der Waals surface area contributed by atoms with Crippen LogP contribution in [0.15, 0.2) is 42.5 Å². The van der Waals surface area contributed by atoms with Crippen molar-refractivity contribution in [2.75, 3.05) is 7.05 Å². The van der Waals surface area contributed by atoms with Crippen molar-refractivity contribution in [3.8, 4) is 11.3 Å². The van der Waals surface area contributed by atoms with Gasteiger partial charge >= 0.3 is 0 Å². The summed E-state index contributed by atoms with van der Waals surface area (Å²) in [6.45, 7) is 1.93. The van der Waals surface area contributed by atoms with Gasteiger partial charge in [0.15, 0.2) is 0 Å². The fraction of sp³-hybridized carbons (Fsp3) is 0.429. The molecule has 0 saturated carbocycles. The normalized spacial score (nSPS) is 25.0. The summed E-state index contributed by atoms with van der Waals surface area (Å²) in [6, 6.07) is 15.5. The van der Waals surface area contributed by atoms with Crippen molar-refractivity contribution in [2.45, 2.75) is 50.7 Å². The molecular weight excluding hydrogens is 310 g/mol. The molecule has 2 unspecified atom stereocenters. The Bertz CT molecular complexity index is 762. The molecule has 2 saturated heterocycles. The number of aromatic nitrogens is 1. The van der Waals surface area contributed by atoms with Crippen LogP contribution in [0.2, 0.25) is 0 Å². The highest BCUT2D eigenvalue weighted by atomic mass is 16.2. The highest BCUT2D eigenvalue weighted by Gasteiger charge is 2.36. The lowest BCUT2D eigenvalue weighted by Gasteiger charge is -2.35. The van der Waals surface area contributed by atoms with Crippen LogP contribution in [0.4, 0.5) is 0 Å². The number of rotatable bonds is 3. The smallest absolute Gasteiger partial charge is 0.255 e. The first kappa shape index (κ1) is 16.3. The van der Waals surface area contributed by atoms with Crippen LogP contribution in [0.1, 0.15) is 41.7 Å². The summed E-state index contributed by atoms with van der Waals surface area (Å²) in [5, 5.41) is 3.64. The van der Waals surface area contributed by atoms with E-state index in [4.69, 9.17) is 0 Å². The van der Waals surface area contributed by atoms with Crippen LogP contribution < -0.4 is 5.32 Å². The molecule has 2 aromatic rings. The molecule has 2 atom stereocenters. The third-order valence-corrected chi connectivity index (χ3v) is 5.70. The predicted molar refractivity (Wildman–Crippen MR) is 99.5 cm³/mol. The Morgan fingerprint density at radius 3 is 2.40 bits per heavy atom. The Morgan fingerprint density at radius 2 is 1.76 bits per heavy atom. The molecule has 4 rings (SSSR count). The van der Waals surface area contributed by atoms with E-state index < -0.39 is 0 Å². The molecule has 4 nitrogen and oxygen atoms in total. The molecule has 2 aliphatic rings. The van der Waals surface area contributed by atoms with Gasteiger partial charge in [-0.3, -0.25) is 9.78 Å². The Kier molecular flexibility index (Phi) is 4.30. The highest BCUT2D eigenvalue weighted by molar-refractivity contribution is 5.95. The van der Waals surface area contributed by atoms with Crippen LogP contribution in [0.5, 0.6) is 0 Å². The lowest BCUT2D eigenvalue weighted by molar-refractivity contribution is 0.0680. The van der Waals surface area contributed by atoms with Gasteiger partial charge in [-0.25, -0.2) is 0 Å². The van der Waals surface area contributed by atoms with Crippen molar-refractivity contribution in [1.29, 1.82) is 0 Å². The van der Waals surface area contributed by atoms with E-state index in [-0.39, 0.29) is 5.91 Å². The summed E-state index contributed by atoms with van der Waals surface area (Å²) in [4.78, 5) is 19.6. The summed E-state index contributed by atoms with van der Waals surface area (Å²) in [6.07, 6.45) is 4.62. The van der Waals surface area contributed by atoms with Crippen LogP contribution in [-0.2, 0) is 0 Å². The number of pyridine rings is 1. The summed E-state index contributed by atoms with van der Waals surface area (Å²) >= 11 is 0. The Morgan fingerprint density at radius 1 is 1.08 bits per heavy atom. The number of fused-ring (bicyclic) bond motifs is 2. The number of carbonyl (C=O) groups is 1. The van der Waals surface area contributed by atoms with E-state index in [0.717, 1.165) is 29.8 Å². The molecule has 2 bridgehead atoms. The van der Waals surface area contributed by atoms with Gasteiger partial charge in [0.2, 0.25) is 0 Å². The van der Waals surface area contributed by atoms with Gasteiger partial charge in [0, 0.05) is 30.7 Å². The Hall–Kier alpha value is -2.20. The minimum atomic E-state index is 0.0934. The van der Waals surface area contributed by atoms with Crippen LogP contribution in [0, 0.1) is 6.92 Å². The number of hydrogen-bond acceptors (Lipinski definition) is 3. The molecule has 3 heterocycles. The van der Waals surface area contributed by atoms with Crippen LogP contribution >= 0.6 is 0 Å². The minimum Gasteiger partial charge on any atom is -0.339 e. The second kappa shape index (κ2) is 6.60. The number of nitrogens with one attached hydrogen (secondary N) is 1. The molecule has 1 aromatic heterocycles. The van der Waals surface area contributed by atoms with E-state index in [0.29, 0.717) is 23.7 Å². The van der Waals surface area contributed by atoms with Gasteiger partial charge < -0.3 is 10.2 Å². The largest absolute Gasteiger partial charge is 0.339 e. The number of piperidine rings is 1. The Labute approximate surface area is 149 Å². The third kappa shape index (κ3) is 3.19. The van der Waals surface area contributed by atoms with Gasteiger partial charge in [0.05, 0.1) is 17.0 Å². The zero-order valence-electron chi connectivity index (χ0n) is 14.9. The second-order valence-corrected chi connectivity index (χ2v) is 7.37. The third-order valence-electron chi connectivity index (χ3n) is 5.70. The fourth-order valence-corrected chi connectivity index (χ4v) is 4.26. The molecule has 0 aliphatic carbocycles. The van der Waals surface area contributed by atoms with E-state index in [9.17, 15) is 4.79 Å². The second-order valence-electron chi connectivity index (χ2n) is 7.37. The van der Waals surface area contributed by atoms with Crippen molar-refractivity contribution in [1.82, 2.24) is 15.2 Å². The molecule has 1 amide bonds. The van der Waals surface area contributed by atoms with Gasteiger partial charge in [0.25, 0.3) is 5.91 Å². The van der Waals surface area contributed by atoms with Crippen molar-refractivity contribution < 1.29 is 4.79 Å². The number of carbonyl (C=O) groups excluding carboxylic acids is 1. The van der Waals surface area contributed by atoms with Gasteiger partial charge in [-0.15, -0.1) is 0 Å². The molecule has 1 aromatic carbocycles. The maximum atomic E-state index is 13.0. The molecular formula is C21H25N3O. The lowest BCUT2D eigenvalue weighted by atomic mass is 9.97. The quantitative estimate of drug-likeness (QED) is 0.935. The van der Waals surface area contributed by atoms with Crippen LogP contribution in [0.3, 0.4) is 0 Å². The van der Waals surface area contributed by atoms with Crippen molar-refractivity contribution >= 4 is 5.91 Å². The van der Waals surface area contributed by atoms with E-state index in [1.807, 2.05) is 61.3 Å². The van der Waals surface area contributed by atoms with E-state index in [1.165, 1.54) is 12.8 Å². The first-order chi connectivity index (χ1) is 12.1. The van der Waals surface area contributed by atoms with Gasteiger partial charge in [-0.1, -0.05) is 30.3 Å². The first-order valence-corrected chi connectivity index (χ1v) is 9.18.